The molecule has 0 saturated heterocycles. The topological polar surface area (TPSA) is 80.7 Å². The molecule has 0 spiro atoms. The zero-order valence-electron chi connectivity index (χ0n) is 25.6. The monoisotopic (exact) mass is 582 g/mol. The van der Waals surface area contributed by atoms with Gasteiger partial charge in [0.15, 0.2) is 0 Å². The Hall–Kier alpha value is -2.86. The first-order chi connectivity index (χ1) is 19.7. The Balaban J connectivity index is 2.70. The molecule has 0 aliphatic rings. The Kier molecular flexibility index (Phi) is 18.5. The fourth-order valence-electron chi connectivity index (χ4n) is 4.51. The quantitative estimate of drug-likeness (QED) is 0.0673. The summed E-state index contributed by atoms with van der Waals surface area (Å²) in [5, 5.41) is 9.44. The number of para-hydroxylation sites is 1. The van der Waals surface area contributed by atoms with Crippen LogP contribution in [0.25, 0.3) is 0 Å². The summed E-state index contributed by atoms with van der Waals surface area (Å²) >= 11 is 1.68. The van der Waals surface area contributed by atoms with Gasteiger partial charge in [0.25, 0.3) is 0 Å². The van der Waals surface area contributed by atoms with E-state index in [1.54, 1.807) is 23.9 Å². The van der Waals surface area contributed by atoms with Gasteiger partial charge in [-0.15, -0.1) is 11.8 Å². The van der Waals surface area contributed by atoms with Gasteiger partial charge in [-0.05, 0) is 75.2 Å². The van der Waals surface area contributed by atoms with Crippen LogP contribution in [0.3, 0.4) is 0 Å². The van der Waals surface area contributed by atoms with E-state index in [0.29, 0.717) is 19.3 Å². The molecule has 0 aliphatic heterocycles. The predicted molar refractivity (Wildman–Crippen MR) is 173 cm³/mol. The van der Waals surface area contributed by atoms with Crippen molar-refractivity contribution >= 4 is 29.5 Å². The van der Waals surface area contributed by atoms with E-state index >= 15 is 0 Å². The largest absolute Gasteiger partial charge is 0.478 e. The summed E-state index contributed by atoms with van der Waals surface area (Å²) in [7, 11) is 0. The molecule has 0 radical (unpaired) electrons. The van der Waals surface area contributed by atoms with Gasteiger partial charge in [0.2, 0.25) is 0 Å². The van der Waals surface area contributed by atoms with Crippen LogP contribution in [0.4, 0.5) is 0 Å². The highest BCUT2D eigenvalue weighted by Gasteiger charge is 2.38. The summed E-state index contributed by atoms with van der Waals surface area (Å²) < 4.78 is 4.98. The smallest absolute Gasteiger partial charge is 0.339 e. The number of rotatable bonds is 21. The number of hydrogen-bond acceptors (Lipinski definition) is 5. The van der Waals surface area contributed by atoms with E-state index in [1.165, 1.54) is 12.1 Å². The molecule has 0 fully saturated rings. The molecule has 0 bridgehead atoms. The number of thioether (sulfide) groups is 1. The maximum Gasteiger partial charge on any atom is 0.339 e. The van der Waals surface area contributed by atoms with E-state index < -0.39 is 22.6 Å². The van der Waals surface area contributed by atoms with Gasteiger partial charge < -0.3 is 9.84 Å². The Labute approximate surface area is 252 Å². The molecule has 0 aliphatic carbocycles. The van der Waals surface area contributed by atoms with Crippen molar-refractivity contribution in [1.29, 1.82) is 0 Å². The van der Waals surface area contributed by atoms with Gasteiger partial charge in [-0.1, -0.05) is 95.4 Å². The first-order valence-electron chi connectivity index (χ1n) is 15.0. The maximum absolute atomic E-state index is 13.7. The molecule has 226 valence electrons. The minimum absolute atomic E-state index is 0.00996. The van der Waals surface area contributed by atoms with Crippen LogP contribution in [0.2, 0.25) is 0 Å². The highest BCUT2D eigenvalue weighted by atomic mass is 32.2. The molecule has 1 aromatic rings. The first kappa shape index (κ1) is 36.2. The molecule has 0 aromatic heterocycles. The molecule has 1 rings (SSSR count). The van der Waals surface area contributed by atoms with Crippen molar-refractivity contribution in [3.63, 3.8) is 0 Å². The average Bonchev–Trinajstić information content (AvgIpc) is 2.95. The van der Waals surface area contributed by atoms with Crippen molar-refractivity contribution in [2.75, 3.05) is 5.75 Å². The van der Waals surface area contributed by atoms with E-state index in [0.717, 1.165) is 37.9 Å². The molecule has 1 atom stereocenters. The number of ketones is 1. The van der Waals surface area contributed by atoms with Crippen molar-refractivity contribution in [1.82, 2.24) is 0 Å². The third-order valence-electron chi connectivity index (χ3n) is 6.88. The molecule has 1 unspecified atom stereocenters. The molecular weight excluding hydrogens is 532 g/mol. The van der Waals surface area contributed by atoms with Crippen LogP contribution < -0.4 is 4.74 Å². The Morgan fingerprint density at radius 2 is 1.44 bits per heavy atom. The lowest BCUT2D eigenvalue weighted by Gasteiger charge is -2.31. The van der Waals surface area contributed by atoms with Gasteiger partial charge in [0.05, 0.1) is 10.7 Å². The molecule has 41 heavy (non-hydrogen) atoms. The van der Waals surface area contributed by atoms with E-state index in [4.69, 9.17) is 4.74 Å². The summed E-state index contributed by atoms with van der Waals surface area (Å²) in [6.45, 7) is 10.2. The van der Waals surface area contributed by atoms with Crippen molar-refractivity contribution in [3.8, 4) is 5.75 Å². The lowest BCUT2D eigenvalue weighted by Crippen LogP contribution is -2.37. The van der Waals surface area contributed by atoms with E-state index in [-0.39, 0.29) is 29.4 Å². The van der Waals surface area contributed by atoms with E-state index in [9.17, 15) is 19.5 Å². The van der Waals surface area contributed by atoms with Crippen LogP contribution in [0.15, 0.2) is 72.9 Å². The number of Topliss-reactive ketones (excluding diaryl/α,β-unsaturated/α-hetero) is 1. The van der Waals surface area contributed by atoms with Crippen LogP contribution in [-0.4, -0.2) is 33.3 Å². The zero-order valence-corrected chi connectivity index (χ0v) is 26.5. The highest BCUT2D eigenvalue weighted by molar-refractivity contribution is 8.01. The molecule has 1 aromatic carbocycles. The summed E-state index contributed by atoms with van der Waals surface area (Å²) in [6, 6.07) is 6.09. The van der Waals surface area contributed by atoms with Crippen LogP contribution in [0.5, 0.6) is 5.75 Å². The summed E-state index contributed by atoms with van der Waals surface area (Å²) in [5.74, 6) is -1.26. The van der Waals surface area contributed by atoms with Gasteiger partial charge >= 0.3 is 11.9 Å². The van der Waals surface area contributed by atoms with Crippen LogP contribution >= 0.6 is 11.8 Å². The minimum atomic E-state index is -1.16. The summed E-state index contributed by atoms with van der Waals surface area (Å²) in [5.41, 5.74) is -0.0710. The number of aromatic carboxylic acids is 1. The molecular formula is C35H50O5S. The number of carboxylic acid groups (broad SMARTS) is 1. The fraction of sp³-hybridized carbons (Fsp3) is 0.514. The number of ether oxygens (including phenoxy) is 1. The van der Waals surface area contributed by atoms with E-state index in [2.05, 4.69) is 55.5 Å². The van der Waals surface area contributed by atoms with Gasteiger partial charge in [-0.3, -0.25) is 9.59 Å². The van der Waals surface area contributed by atoms with Crippen molar-refractivity contribution in [2.24, 2.45) is 11.8 Å². The van der Waals surface area contributed by atoms with Crippen LogP contribution in [0, 0.1) is 11.8 Å². The predicted octanol–water partition coefficient (Wildman–Crippen LogP) is 9.40. The zero-order chi connectivity index (χ0) is 30.5. The lowest BCUT2D eigenvalue weighted by molar-refractivity contribution is -0.142. The van der Waals surface area contributed by atoms with Crippen LogP contribution in [-0.2, 0) is 9.59 Å². The van der Waals surface area contributed by atoms with Crippen molar-refractivity contribution in [2.45, 2.75) is 97.2 Å². The second-order valence-corrected chi connectivity index (χ2v) is 12.0. The maximum atomic E-state index is 13.7. The molecule has 0 amide bonds. The lowest BCUT2D eigenvalue weighted by atomic mass is 9.86. The number of carbonyl (C=O) groups excluding carboxylic acids is 2. The number of hydrogen-bond donors (Lipinski definition) is 1. The molecule has 0 heterocycles. The Bertz CT molecular complexity index is 1050. The second kappa shape index (κ2) is 20.9. The minimum Gasteiger partial charge on any atom is -0.478 e. The number of carbonyl (C=O) groups is 3. The normalized spacial score (nSPS) is 13.2. The molecule has 5 nitrogen and oxygen atoms in total. The number of allylic oxidation sites excluding steroid dienone is 8. The molecule has 0 saturated carbocycles. The third-order valence-corrected chi connectivity index (χ3v) is 8.68. The van der Waals surface area contributed by atoms with Crippen LogP contribution in [0.1, 0.15) is 103 Å². The van der Waals surface area contributed by atoms with Gasteiger partial charge in [0.1, 0.15) is 17.1 Å². The Morgan fingerprint density at radius 3 is 1.98 bits per heavy atom. The molecule has 6 heteroatoms. The van der Waals surface area contributed by atoms with Crippen molar-refractivity contribution < 1.29 is 24.2 Å². The average molecular weight is 583 g/mol. The Morgan fingerprint density at radius 1 is 0.878 bits per heavy atom. The summed E-state index contributed by atoms with van der Waals surface area (Å²) in [6.07, 6.45) is 24.1. The number of esters is 1. The first-order valence-corrected chi connectivity index (χ1v) is 16.0. The second-order valence-electron chi connectivity index (χ2n) is 10.5. The van der Waals surface area contributed by atoms with Gasteiger partial charge in [0, 0.05) is 6.42 Å². The highest BCUT2D eigenvalue weighted by Crippen LogP contribution is 2.37. The van der Waals surface area contributed by atoms with Gasteiger partial charge in [-0.2, -0.15) is 0 Å². The summed E-state index contributed by atoms with van der Waals surface area (Å²) in [4.78, 5) is 38.4. The fourth-order valence-corrected chi connectivity index (χ4v) is 5.81. The molecule has 1 N–H and O–H groups in total. The standard InChI is InChI=1S/C35H50O5S/c1-6-9-10-11-12-13-14-15-16-17-18-19-22-25-41-35(7-2,8-3)32(36)27-29(26-28(4)5)34(39)40-31-24-21-20-23-30(31)33(37)38/h9-10,12-13,15-16,18-21,23-24,28-29H,6-8,11,14,17,22,25-27H2,1-5H3,(H,37,38)/b10-9-,13-12-,16-15-,19-18-. The number of carboxylic acids is 1. The van der Waals surface area contributed by atoms with E-state index in [1.807, 2.05) is 27.7 Å². The third kappa shape index (κ3) is 14.0. The SMILES string of the molecule is CC/C=C\C/C=C\C/C=C\C/C=C\CCSC(CC)(CC)C(=O)CC(CC(C)C)C(=O)Oc1ccccc1C(=O)O. The van der Waals surface area contributed by atoms with Gasteiger partial charge in [-0.25, -0.2) is 4.79 Å². The number of benzene rings is 1. The van der Waals surface area contributed by atoms with Crippen molar-refractivity contribution in [3.05, 3.63) is 78.4 Å².